The number of anilines is 1. The molecule has 0 atom stereocenters. The molecule has 2 aromatic rings. The number of amides is 1. The average molecular weight is 239 g/mol. The van der Waals surface area contributed by atoms with E-state index in [9.17, 15) is 4.79 Å². The topological polar surface area (TPSA) is 65.8 Å². The molecular weight excluding hydrogens is 226 g/mol. The second kappa shape index (κ2) is 4.46. The standard InChI is InChI=1S/C14H13N3O/c1-14(2,9-15)13(18)17-11-7-3-5-10-6-4-8-16-12(10)11/h3-8H,1-2H3,(H,17,18). The molecule has 1 amide bonds. The Hall–Kier alpha value is -2.41. The van der Waals surface area contributed by atoms with Crippen LogP contribution >= 0.6 is 0 Å². The van der Waals surface area contributed by atoms with E-state index in [1.807, 2.05) is 30.3 Å². The highest BCUT2D eigenvalue weighted by molar-refractivity contribution is 6.03. The summed E-state index contributed by atoms with van der Waals surface area (Å²) in [5.74, 6) is -0.330. The second-order valence-corrected chi connectivity index (χ2v) is 4.57. The first-order valence-electron chi connectivity index (χ1n) is 5.61. The van der Waals surface area contributed by atoms with Crippen molar-refractivity contribution in [3.63, 3.8) is 0 Å². The van der Waals surface area contributed by atoms with Gasteiger partial charge in [-0.1, -0.05) is 18.2 Å². The molecule has 0 aliphatic rings. The predicted octanol–water partition coefficient (Wildman–Crippen LogP) is 2.72. The highest BCUT2D eigenvalue weighted by atomic mass is 16.2. The fourth-order valence-corrected chi connectivity index (χ4v) is 1.53. The average Bonchev–Trinajstić information content (AvgIpc) is 2.39. The maximum Gasteiger partial charge on any atom is 0.244 e. The van der Waals surface area contributed by atoms with Crippen LogP contribution in [0, 0.1) is 16.7 Å². The predicted molar refractivity (Wildman–Crippen MR) is 69.8 cm³/mol. The van der Waals surface area contributed by atoms with Gasteiger partial charge in [-0.15, -0.1) is 0 Å². The summed E-state index contributed by atoms with van der Waals surface area (Å²) in [4.78, 5) is 16.2. The van der Waals surface area contributed by atoms with Crippen LogP contribution in [0.4, 0.5) is 5.69 Å². The lowest BCUT2D eigenvalue weighted by Crippen LogP contribution is -2.29. The van der Waals surface area contributed by atoms with E-state index in [1.54, 1.807) is 26.1 Å². The van der Waals surface area contributed by atoms with E-state index in [2.05, 4.69) is 10.3 Å². The molecular formula is C14H13N3O. The third-order valence-corrected chi connectivity index (χ3v) is 2.73. The molecule has 0 aliphatic heterocycles. The zero-order valence-corrected chi connectivity index (χ0v) is 10.3. The van der Waals surface area contributed by atoms with Crippen LogP contribution < -0.4 is 5.32 Å². The van der Waals surface area contributed by atoms with E-state index in [-0.39, 0.29) is 5.91 Å². The summed E-state index contributed by atoms with van der Waals surface area (Å²) in [7, 11) is 0. The Balaban J connectivity index is 2.39. The Bertz CT molecular complexity index is 636. The van der Waals surface area contributed by atoms with Crippen LogP contribution in [0.3, 0.4) is 0 Å². The summed E-state index contributed by atoms with van der Waals surface area (Å²) in [6, 6.07) is 11.3. The van der Waals surface area contributed by atoms with Crippen LogP contribution in [0.2, 0.25) is 0 Å². The molecule has 4 nitrogen and oxygen atoms in total. The molecule has 1 heterocycles. The van der Waals surface area contributed by atoms with E-state index < -0.39 is 5.41 Å². The van der Waals surface area contributed by atoms with Crippen LogP contribution in [0.25, 0.3) is 10.9 Å². The largest absolute Gasteiger partial charge is 0.323 e. The summed E-state index contributed by atoms with van der Waals surface area (Å²) >= 11 is 0. The number of benzene rings is 1. The number of rotatable bonds is 2. The summed E-state index contributed by atoms with van der Waals surface area (Å²) in [5, 5.41) is 12.6. The number of nitrogens with one attached hydrogen (secondary N) is 1. The number of aromatic nitrogens is 1. The lowest BCUT2D eigenvalue weighted by Gasteiger charge is -2.15. The van der Waals surface area contributed by atoms with Gasteiger partial charge in [0.2, 0.25) is 5.91 Å². The molecule has 0 saturated carbocycles. The number of fused-ring (bicyclic) bond motifs is 1. The van der Waals surface area contributed by atoms with Crippen LogP contribution in [-0.2, 0) is 4.79 Å². The van der Waals surface area contributed by atoms with Crippen molar-refractivity contribution in [3.8, 4) is 6.07 Å². The number of nitriles is 1. The van der Waals surface area contributed by atoms with Crippen LogP contribution in [0.1, 0.15) is 13.8 Å². The minimum absolute atomic E-state index is 0.330. The zero-order chi connectivity index (χ0) is 13.2. The third kappa shape index (κ3) is 2.16. The fourth-order valence-electron chi connectivity index (χ4n) is 1.53. The van der Waals surface area contributed by atoms with Crippen molar-refractivity contribution in [1.82, 2.24) is 4.98 Å². The second-order valence-electron chi connectivity index (χ2n) is 4.57. The molecule has 1 aromatic heterocycles. The molecule has 0 bridgehead atoms. The number of hydrogen-bond acceptors (Lipinski definition) is 3. The van der Waals surface area contributed by atoms with E-state index in [0.717, 1.165) is 10.9 Å². The molecule has 1 N–H and O–H groups in total. The van der Waals surface area contributed by atoms with Gasteiger partial charge >= 0.3 is 0 Å². The zero-order valence-electron chi connectivity index (χ0n) is 10.3. The maximum absolute atomic E-state index is 11.9. The van der Waals surface area contributed by atoms with Gasteiger partial charge in [-0.05, 0) is 26.0 Å². The number of nitrogens with zero attached hydrogens (tertiary/aromatic N) is 2. The number of carbonyl (C=O) groups excluding carboxylic acids is 1. The number of carbonyl (C=O) groups is 1. The minimum atomic E-state index is -1.06. The van der Waals surface area contributed by atoms with Gasteiger partial charge in [-0.25, -0.2) is 0 Å². The lowest BCUT2D eigenvalue weighted by molar-refractivity contribution is -0.121. The van der Waals surface area contributed by atoms with Gasteiger partial charge in [0.05, 0.1) is 17.3 Å². The molecule has 0 fully saturated rings. The molecule has 0 unspecified atom stereocenters. The minimum Gasteiger partial charge on any atom is -0.323 e. The van der Waals surface area contributed by atoms with Crippen molar-refractivity contribution in [3.05, 3.63) is 36.5 Å². The quantitative estimate of drug-likeness (QED) is 0.876. The summed E-state index contributed by atoms with van der Waals surface area (Å²) < 4.78 is 0. The van der Waals surface area contributed by atoms with Crippen molar-refractivity contribution in [2.45, 2.75) is 13.8 Å². The lowest BCUT2D eigenvalue weighted by atomic mass is 9.94. The SMILES string of the molecule is CC(C)(C#N)C(=O)Nc1cccc2cccnc12. The number of hydrogen-bond donors (Lipinski definition) is 1. The first-order valence-corrected chi connectivity index (χ1v) is 5.61. The summed E-state index contributed by atoms with van der Waals surface area (Å²) in [5.41, 5.74) is 0.292. The Morgan fingerprint density at radius 1 is 1.33 bits per heavy atom. The van der Waals surface area contributed by atoms with Gasteiger partial charge in [0.1, 0.15) is 5.41 Å². The molecule has 0 aliphatic carbocycles. The highest BCUT2D eigenvalue weighted by Crippen LogP contribution is 2.23. The third-order valence-electron chi connectivity index (χ3n) is 2.73. The van der Waals surface area contributed by atoms with Crippen molar-refractivity contribution in [2.24, 2.45) is 5.41 Å². The molecule has 18 heavy (non-hydrogen) atoms. The Morgan fingerprint density at radius 2 is 2.06 bits per heavy atom. The van der Waals surface area contributed by atoms with Crippen molar-refractivity contribution >= 4 is 22.5 Å². The summed E-state index contributed by atoms with van der Waals surface area (Å²) in [6.07, 6.45) is 1.67. The molecule has 0 saturated heterocycles. The summed E-state index contributed by atoms with van der Waals surface area (Å²) in [6.45, 7) is 3.17. The van der Waals surface area contributed by atoms with Gasteiger partial charge in [0, 0.05) is 11.6 Å². The maximum atomic E-state index is 11.9. The van der Waals surface area contributed by atoms with E-state index in [1.165, 1.54) is 0 Å². The monoisotopic (exact) mass is 239 g/mol. The van der Waals surface area contributed by atoms with Gasteiger partial charge < -0.3 is 5.32 Å². The molecule has 4 heteroatoms. The van der Waals surface area contributed by atoms with Gasteiger partial charge in [-0.2, -0.15) is 5.26 Å². The smallest absolute Gasteiger partial charge is 0.244 e. The van der Waals surface area contributed by atoms with Crippen molar-refractivity contribution < 1.29 is 4.79 Å². The van der Waals surface area contributed by atoms with E-state index in [0.29, 0.717) is 5.69 Å². The van der Waals surface area contributed by atoms with Crippen molar-refractivity contribution in [2.75, 3.05) is 5.32 Å². The van der Waals surface area contributed by atoms with Gasteiger partial charge in [-0.3, -0.25) is 9.78 Å². The van der Waals surface area contributed by atoms with Crippen LogP contribution in [0.15, 0.2) is 36.5 Å². The number of para-hydroxylation sites is 1. The van der Waals surface area contributed by atoms with Gasteiger partial charge in [0.25, 0.3) is 0 Å². The Morgan fingerprint density at radius 3 is 2.78 bits per heavy atom. The fraction of sp³-hybridized carbons (Fsp3) is 0.214. The first kappa shape index (κ1) is 12.1. The molecule has 1 aromatic carbocycles. The van der Waals surface area contributed by atoms with Crippen LogP contribution in [0.5, 0.6) is 0 Å². The van der Waals surface area contributed by atoms with E-state index in [4.69, 9.17) is 5.26 Å². The molecule has 0 radical (unpaired) electrons. The van der Waals surface area contributed by atoms with Crippen molar-refractivity contribution in [1.29, 1.82) is 5.26 Å². The van der Waals surface area contributed by atoms with Gasteiger partial charge in [0.15, 0.2) is 0 Å². The normalized spacial score (nSPS) is 10.9. The van der Waals surface area contributed by atoms with E-state index >= 15 is 0 Å². The molecule has 90 valence electrons. The molecule has 2 rings (SSSR count). The molecule has 0 spiro atoms. The van der Waals surface area contributed by atoms with Crippen LogP contribution in [-0.4, -0.2) is 10.9 Å². The Labute approximate surface area is 105 Å². The first-order chi connectivity index (χ1) is 8.54. The Kier molecular flexibility index (Phi) is 2.99. The number of pyridine rings is 1. The highest BCUT2D eigenvalue weighted by Gasteiger charge is 2.27.